The van der Waals surface area contributed by atoms with Gasteiger partial charge in [-0.3, -0.25) is 9.59 Å². The first-order valence-electron chi connectivity index (χ1n) is 8.77. The molecule has 12 heteroatoms. The first kappa shape index (κ1) is 22.2. The fourth-order valence-electron chi connectivity index (χ4n) is 2.44. The number of nitrogens with zero attached hydrogens (tertiary/aromatic N) is 3. The van der Waals surface area contributed by atoms with E-state index in [0.717, 1.165) is 0 Å². The SMILES string of the molecule is C=CCOC(=O)NCCC(=O)Nc1cn(C)c(C(=O)Nc2cc(C(=O)O)n(C)c2)n1. The lowest BCUT2D eigenvalue weighted by Gasteiger charge is -2.05. The standard InChI is InChI=1S/C18H22N6O6/c1-4-7-30-18(29)19-6-5-14(25)21-13-10-24(3)15(22-13)16(26)20-11-8-12(17(27)28)23(2)9-11/h4,8-10H,1,5-7H2,2-3H3,(H,19,29)(H,20,26)(H,21,25)(H,27,28). The number of aromatic carboxylic acids is 1. The molecule has 4 N–H and O–H groups in total. The van der Waals surface area contributed by atoms with E-state index in [9.17, 15) is 19.2 Å². The van der Waals surface area contributed by atoms with Crippen LogP contribution in [0.15, 0.2) is 31.1 Å². The quantitative estimate of drug-likeness (QED) is 0.442. The molecular formula is C18H22N6O6. The third-order valence-electron chi connectivity index (χ3n) is 3.78. The number of ether oxygens (including phenoxy) is 1. The number of rotatable bonds is 9. The van der Waals surface area contributed by atoms with E-state index in [1.165, 1.54) is 33.7 Å². The number of nitrogens with one attached hydrogen (secondary N) is 3. The highest BCUT2D eigenvalue weighted by molar-refractivity contribution is 6.03. The molecule has 0 fully saturated rings. The zero-order chi connectivity index (χ0) is 22.3. The van der Waals surface area contributed by atoms with Gasteiger partial charge < -0.3 is 34.9 Å². The minimum Gasteiger partial charge on any atom is -0.477 e. The minimum atomic E-state index is -1.12. The molecule has 0 atom stereocenters. The Kier molecular flexibility index (Phi) is 7.33. The summed E-state index contributed by atoms with van der Waals surface area (Å²) in [6.07, 6.45) is 3.64. The van der Waals surface area contributed by atoms with Crippen molar-refractivity contribution in [3.05, 3.63) is 42.6 Å². The molecule has 2 rings (SSSR count). The van der Waals surface area contributed by atoms with Crippen LogP contribution in [0, 0.1) is 0 Å². The molecule has 0 aliphatic heterocycles. The van der Waals surface area contributed by atoms with Crippen molar-refractivity contribution in [2.24, 2.45) is 14.1 Å². The van der Waals surface area contributed by atoms with Gasteiger partial charge in [0, 0.05) is 39.5 Å². The number of aryl methyl sites for hydroxylation is 2. The summed E-state index contributed by atoms with van der Waals surface area (Å²) < 4.78 is 7.49. The summed E-state index contributed by atoms with van der Waals surface area (Å²) in [6, 6.07) is 1.32. The lowest BCUT2D eigenvalue weighted by molar-refractivity contribution is -0.116. The molecular weight excluding hydrogens is 396 g/mol. The summed E-state index contributed by atoms with van der Waals surface area (Å²) in [6.45, 7) is 3.54. The van der Waals surface area contributed by atoms with E-state index >= 15 is 0 Å². The lowest BCUT2D eigenvalue weighted by Crippen LogP contribution is -2.28. The maximum atomic E-state index is 12.4. The van der Waals surface area contributed by atoms with Crippen LogP contribution >= 0.6 is 0 Å². The molecule has 12 nitrogen and oxygen atoms in total. The molecule has 0 radical (unpaired) electrons. The molecule has 0 saturated carbocycles. The van der Waals surface area contributed by atoms with Gasteiger partial charge in [-0.25, -0.2) is 14.6 Å². The number of carboxylic acid groups (broad SMARTS) is 1. The van der Waals surface area contributed by atoms with Crippen LogP contribution in [-0.4, -0.2) is 56.3 Å². The molecule has 160 valence electrons. The van der Waals surface area contributed by atoms with Gasteiger partial charge >= 0.3 is 12.1 Å². The summed E-state index contributed by atoms with van der Waals surface area (Å²) in [5, 5.41) is 16.6. The highest BCUT2D eigenvalue weighted by atomic mass is 16.5. The molecule has 3 amide bonds. The van der Waals surface area contributed by atoms with Crippen molar-refractivity contribution in [2.75, 3.05) is 23.8 Å². The molecule has 0 unspecified atom stereocenters. The lowest BCUT2D eigenvalue weighted by atomic mass is 10.4. The van der Waals surface area contributed by atoms with Gasteiger partial charge in [0.2, 0.25) is 11.7 Å². The minimum absolute atomic E-state index is 0.0113. The zero-order valence-electron chi connectivity index (χ0n) is 16.5. The Morgan fingerprint density at radius 3 is 2.57 bits per heavy atom. The Morgan fingerprint density at radius 2 is 1.93 bits per heavy atom. The monoisotopic (exact) mass is 418 g/mol. The average molecular weight is 418 g/mol. The van der Waals surface area contributed by atoms with Crippen LogP contribution in [0.25, 0.3) is 0 Å². The highest BCUT2D eigenvalue weighted by Crippen LogP contribution is 2.15. The molecule has 0 aliphatic carbocycles. The Bertz CT molecular complexity index is 976. The Morgan fingerprint density at radius 1 is 1.20 bits per heavy atom. The number of alkyl carbamates (subject to hydrolysis) is 1. The molecule has 0 spiro atoms. The Balaban J connectivity index is 1.91. The van der Waals surface area contributed by atoms with Gasteiger partial charge in [0.25, 0.3) is 5.91 Å². The summed E-state index contributed by atoms with van der Waals surface area (Å²) in [4.78, 5) is 50.8. The van der Waals surface area contributed by atoms with Crippen LogP contribution in [0.3, 0.4) is 0 Å². The van der Waals surface area contributed by atoms with Gasteiger partial charge in [-0.05, 0) is 6.07 Å². The van der Waals surface area contributed by atoms with Crippen molar-refractivity contribution in [1.82, 2.24) is 19.4 Å². The van der Waals surface area contributed by atoms with Crippen LogP contribution in [-0.2, 0) is 23.6 Å². The maximum absolute atomic E-state index is 12.4. The summed E-state index contributed by atoms with van der Waals surface area (Å²) in [7, 11) is 3.12. The van der Waals surface area contributed by atoms with Crippen molar-refractivity contribution >= 4 is 35.4 Å². The number of hydrogen-bond acceptors (Lipinski definition) is 6. The topological polar surface area (TPSA) is 157 Å². The van der Waals surface area contributed by atoms with Crippen LogP contribution in [0.2, 0.25) is 0 Å². The Hall–Kier alpha value is -4.09. The van der Waals surface area contributed by atoms with Crippen molar-refractivity contribution in [2.45, 2.75) is 6.42 Å². The smallest absolute Gasteiger partial charge is 0.407 e. The third-order valence-corrected chi connectivity index (χ3v) is 3.78. The zero-order valence-corrected chi connectivity index (χ0v) is 16.5. The fourth-order valence-corrected chi connectivity index (χ4v) is 2.44. The molecule has 2 heterocycles. The molecule has 2 aromatic heterocycles. The van der Waals surface area contributed by atoms with Crippen LogP contribution in [0.5, 0.6) is 0 Å². The van der Waals surface area contributed by atoms with E-state index in [-0.39, 0.29) is 36.9 Å². The second kappa shape index (κ2) is 9.91. The van der Waals surface area contributed by atoms with Crippen LogP contribution in [0.1, 0.15) is 27.5 Å². The van der Waals surface area contributed by atoms with E-state index in [4.69, 9.17) is 9.84 Å². The molecule has 30 heavy (non-hydrogen) atoms. The molecule has 0 saturated heterocycles. The number of hydrogen-bond donors (Lipinski definition) is 4. The number of amides is 3. The van der Waals surface area contributed by atoms with Gasteiger partial charge in [0.1, 0.15) is 12.3 Å². The number of carbonyl (C=O) groups is 4. The first-order chi connectivity index (χ1) is 14.2. The number of aromatic nitrogens is 3. The maximum Gasteiger partial charge on any atom is 0.407 e. The highest BCUT2D eigenvalue weighted by Gasteiger charge is 2.18. The average Bonchev–Trinajstić information content (AvgIpc) is 3.21. The fraction of sp³-hybridized carbons (Fsp3) is 0.278. The van der Waals surface area contributed by atoms with Crippen molar-refractivity contribution in [3.8, 4) is 0 Å². The molecule has 0 bridgehead atoms. The Labute approximate surface area is 171 Å². The first-order valence-corrected chi connectivity index (χ1v) is 8.77. The largest absolute Gasteiger partial charge is 0.477 e. The van der Waals surface area contributed by atoms with E-state index in [2.05, 4.69) is 27.5 Å². The molecule has 0 aromatic carbocycles. The number of anilines is 2. The third kappa shape index (κ3) is 5.95. The predicted octanol–water partition coefficient (Wildman–Crippen LogP) is 0.950. The molecule has 2 aromatic rings. The van der Waals surface area contributed by atoms with Gasteiger partial charge in [0.15, 0.2) is 5.82 Å². The van der Waals surface area contributed by atoms with Gasteiger partial charge in [-0.15, -0.1) is 0 Å². The van der Waals surface area contributed by atoms with E-state index in [0.29, 0.717) is 5.69 Å². The van der Waals surface area contributed by atoms with Crippen molar-refractivity contribution in [3.63, 3.8) is 0 Å². The number of imidazole rings is 1. The van der Waals surface area contributed by atoms with Crippen molar-refractivity contribution < 1.29 is 29.0 Å². The summed E-state index contributed by atoms with van der Waals surface area (Å²) in [5.74, 6) is -1.95. The second-order valence-corrected chi connectivity index (χ2v) is 6.16. The van der Waals surface area contributed by atoms with Gasteiger partial charge in [-0.1, -0.05) is 12.7 Å². The molecule has 0 aliphatic rings. The van der Waals surface area contributed by atoms with Gasteiger partial charge in [-0.2, -0.15) is 0 Å². The van der Waals surface area contributed by atoms with Crippen molar-refractivity contribution in [1.29, 1.82) is 0 Å². The van der Waals surface area contributed by atoms with E-state index in [1.807, 2.05) is 0 Å². The number of carbonyl (C=O) groups excluding carboxylic acids is 3. The predicted molar refractivity (Wildman–Crippen MR) is 106 cm³/mol. The second-order valence-electron chi connectivity index (χ2n) is 6.16. The number of carboxylic acids is 1. The summed E-state index contributed by atoms with van der Waals surface area (Å²) in [5.41, 5.74) is 0.308. The van der Waals surface area contributed by atoms with Gasteiger partial charge in [0.05, 0.1) is 5.69 Å². The summed E-state index contributed by atoms with van der Waals surface area (Å²) >= 11 is 0. The van der Waals surface area contributed by atoms with E-state index in [1.54, 1.807) is 14.1 Å². The van der Waals surface area contributed by atoms with Crippen LogP contribution < -0.4 is 16.0 Å². The van der Waals surface area contributed by atoms with E-state index < -0.39 is 23.9 Å². The van der Waals surface area contributed by atoms with Crippen LogP contribution in [0.4, 0.5) is 16.3 Å². The normalized spacial score (nSPS) is 10.2.